The number of carbonyl (C=O) groups excluding carboxylic acids is 1. The van der Waals surface area contributed by atoms with Gasteiger partial charge in [-0.05, 0) is 42.7 Å². The molecule has 0 aliphatic carbocycles. The van der Waals surface area contributed by atoms with Crippen molar-refractivity contribution in [2.45, 2.75) is 4.90 Å². The van der Waals surface area contributed by atoms with E-state index in [1.807, 2.05) is 36.6 Å². The van der Waals surface area contributed by atoms with Gasteiger partial charge in [-0.3, -0.25) is 9.78 Å². The number of hydrogen-bond donors (Lipinski definition) is 1. The number of aromatic nitrogens is 1. The summed E-state index contributed by atoms with van der Waals surface area (Å²) in [5.41, 5.74) is 1.86. The zero-order valence-electron chi connectivity index (χ0n) is 13.2. The zero-order chi connectivity index (χ0) is 17.1. The maximum Gasteiger partial charge on any atom is 0.257 e. The highest BCUT2D eigenvalue weighted by Gasteiger charge is 2.12. The van der Waals surface area contributed by atoms with Gasteiger partial charge in [-0.2, -0.15) is 0 Å². The second-order valence-electron chi connectivity index (χ2n) is 5.08. The molecule has 0 saturated heterocycles. The first-order valence-electron chi connectivity index (χ1n) is 7.19. The van der Waals surface area contributed by atoms with Crippen LogP contribution in [0.5, 0.6) is 5.75 Å². The van der Waals surface area contributed by atoms with Crippen LogP contribution < -0.4 is 10.1 Å². The van der Waals surface area contributed by atoms with Crippen molar-refractivity contribution in [3.05, 3.63) is 59.2 Å². The van der Waals surface area contributed by atoms with E-state index in [9.17, 15) is 4.79 Å². The van der Waals surface area contributed by atoms with Gasteiger partial charge < -0.3 is 10.1 Å². The van der Waals surface area contributed by atoms with Crippen LogP contribution in [0.1, 0.15) is 10.4 Å². The third-order valence-corrected chi connectivity index (χ3v) is 4.62. The Morgan fingerprint density at radius 3 is 2.79 bits per heavy atom. The summed E-state index contributed by atoms with van der Waals surface area (Å²) in [4.78, 5) is 17.8. The number of anilines is 1. The number of halogens is 1. The molecule has 0 atom stereocenters. The Bertz CT molecular complexity index is 915. The molecule has 3 aromatic rings. The third kappa shape index (κ3) is 3.47. The average Bonchev–Trinajstić information content (AvgIpc) is 2.61. The molecule has 1 heterocycles. The van der Waals surface area contributed by atoms with Crippen LogP contribution in [-0.2, 0) is 0 Å². The molecule has 3 rings (SSSR count). The van der Waals surface area contributed by atoms with Gasteiger partial charge >= 0.3 is 0 Å². The van der Waals surface area contributed by atoms with Gasteiger partial charge in [0.1, 0.15) is 5.75 Å². The van der Waals surface area contributed by atoms with Gasteiger partial charge in [0.2, 0.25) is 0 Å². The van der Waals surface area contributed by atoms with Crippen molar-refractivity contribution in [1.29, 1.82) is 0 Å². The molecule has 2 aromatic carbocycles. The summed E-state index contributed by atoms with van der Waals surface area (Å²) in [5.74, 6) is 0.484. The Balaban J connectivity index is 1.88. The van der Waals surface area contributed by atoms with E-state index in [0.29, 0.717) is 16.3 Å². The number of nitrogens with one attached hydrogen (secondary N) is 1. The fourth-order valence-electron chi connectivity index (χ4n) is 2.30. The number of benzene rings is 2. The highest BCUT2D eigenvalue weighted by atomic mass is 35.5. The quantitative estimate of drug-likeness (QED) is 0.676. The smallest absolute Gasteiger partial charge is 0.257 e. The van der Waals surface area contributed by atoms with Crippen LogP contribution >= 0.6 is 23.4 Å². The lowest BCUT2D eigenvalue weighted by Crippen LogP contribution is -2.12. The van der Waals surface area contributed by atoms with E-state index in [4.69, 9.17) is 16.3 Å². The summed E-state index contributed by atoms with van der Waals surface area (Å²) in [6, 6.07) is 12.9. The van der Waals surface area contributed by atoms with Crippen LogP contribution in [0.2, 0.25) is 5.02 Å². The maximum atomic E-state index is 12.5. The molecule has 0 aliphatic heterocycles. The van der Waals surface area contributed by atoms with Crippen molar-refractivity contribution < 1.29 is 9.53 Å². The molecule has 24 heavy (non-hydrogen) atoms. The minimum absolute atomic E-state index is 0.259. The summed E-state index contributed by atoms with van der Waals surface area (Å²) < 4.78 is 5.18. The van der Waals surface area contributed by atoms with E-state index in [1.54, 1.807) is 37.2 Å². The van der Waals surface area contributed by atoms with E-state index in [-0.39, 0.29) is 5.91 Å². The number of nitrogens with zero attached hydrogens (tertiary/aromatic N) is 1. The lowest BCUT2D eigenvalue weighted by molar-refractivity contribution is 0.102. The normalized spacial score (nSPS) is 10.6. The van der Waals surface area contributed by atoms with E-state index in [1.165, 1.54) is 0 Å². The van der Waals surface area contributed by atoms with Gasteiger partial charge in [0.25, 0.3) is 5.91 Å². The number of fused-ring (bicyclic) bond motifs is 1. The minimum atomic E-state index is -0.259. The van der Waals surface area contributed by atoms with E-state index >= 15 is 0 Å². The lowest BCUT2D eigenvalue weighted by Gasteiger charge is -2.09. The summed E-state index contributed by atoms with van der Waals surface area (Å²) >= 11 is 7.70. The molecular weight excluding hydrogens is 344 g/mol. The van der Waals surface area contributed by atoms with Crippen molar-refractivity contribution in [2.24, 2.45) is 0 Å². The highest BCUT2D eigenvalue weighted by molar-refractivity contribution is 7.98. The monoisotopic (exact) mass is 358 g/mol. The molecule has 6 heteroatoms. The summed E-state index contributed by atoms with van der Waals surface area (Å²) in [5, 5.41) is 4.18. The van der Waals surface area contributed by atoms with Crippen LogP contribution in [0.3, 0.4) is 0 Å². The first-order valence-corrected chi connectivity index (χ1v) is 8.79. The maximum absolute atomic E-state index is 12.5. The molecule has 1 amide bonds. The standard InChI is InChI=1S/C18H15ClN2O2S/c1-23-13-4-3-11-7-12(10-20-17(11)8-13)21-18(22)15-9-14(24-2)5-6-16(15)19/h3-10H,1-2H3,(H,21,22). The number of hydrogen-bond acceptors (Lipinski definition) is 4. The summed E-state index contributed by atoms with van der Waals surface area (Å²) in [6.45, 7) is 0. The van der Waals surface area contributed by atoms with Crippen molar-refractivity contribution in [2.75, 3.05) is 18.7 Å². The second kappa shape index (κ2) is 7.11. The Kier molecular flexibility index (Phi) is 4.92. The van der Waals surface area contributed by atoms with E-state index in [0.717, 1.165) is 21.5 Å². The fourth-order valence-corrected chi connectivity index (χ4v) is 2.94. The first-order chi connectivity index (χ1) is 11.6. The molecule has 0 spiro atoms. The Morgan fingerprint density at radius 2 is 2.04 bits per heavy atom. The van der Waals surface area contributed by atoms with Crippen LogP contribution in [0.25, 0.3) is 10.9 Å². The minimum Gasteiger partial charge on any atom is -0.497 e. The van der Waals surface area contributed by atoms with Crippen LogP contribution in [0.4, 0.5) is 5.69 Å². The van der Waals surface area contributed by atoms with Crippen molar-refractivity contribution >= 4 is 45.9 Å². The van der Waals surface area contributed by atoms with Gasteiger partial charge in [-0.25, -0.2) is 0 Å². The van der Waals surface area contributed by atoms with Gasteiger partial charge in [-0.15, -0.1) is 11.8 Å². The van der Waals surface area contributed by atoms with Crippen molar-refractivity contribution in [1.82, 2.24) is 4.98 Å². The summed E-state index contributed by atoms with van der Waals surface area (Å²) in [7, 11) is 1.61. The molecule has 0 bridgehead atoms. The number of carbonyl (C=O) groups is 1. The molecular formula is C18H15ClN2O2S. The number of rotatable bonds is 4. The molecule has 122 valence electrons. The summed E-state index contributed by atoms with van der Waals surface area (Å²) in [6.07, 6.45) is 3.57. The third-order valence-electron chi connectivity index (χ3n) is 3.57. The Morgan fingerprint density at radius 1 is 1.21 bits per heavy atom. The molecule has 1 N–H and O–H groups in total. The van der Waals surface area contributed by atoms with Gasteiger partial charge in [0.05, 0.1) is 35.1 Å². The number of amides is 1. The Hall–Kier alpha value is -2.24. The molecule has 0 fully saturated rings. The predicted octanol–water partition coefficient (Wildman–Crippen LogP) is 4.87. The molecule has 4 nitrogen and oxygen atoms in total. The van der Waals surface area contributed by atoms with Crippen molar-refractivity contribution in [3.63, 3.8) is 0 Å². The predicted molar refractivity (Wildman–Crippen MR) is 99.5 cm³/mol. The molecule has 0 saturated carbocycles. The van der Waals surface area contributed by atoms with Crippen LogP contribution in [0.15, 0.2) is 53.6 Å². The van der Waals surface area contributed by atoms with E-state index < -0.39 is 0 Å². The SMILES string of the molecule is COc1ccc2cc(NC(=O)c3cc(SC)ccc3Cl)cnc2c1. The molecule has 0 unspecified atom stereocenters. The topological polar surface area (TPSA) is 51.2 Å². The van der Waals surface area contributed by atoms with Crippen molar-refractivity contribution in [3.8, 4) is 5.75 Å². The fraction of sp³-hybridized carbons (Fsp3) is 0.111. The number of pyridine rings is 1. The van der Waals surface area contributed by atoms with Gasteiger partial charge in [-0.1, -0.05) is 11.6 Å². The van der Waals surface area contributed by atoms with Gasteiger partial charge in [0, 0.05) is 16.3 Å². The average molecular weight is 359 g/mol. The largest absolute Gasteiger partial charge is 0.497 e. The second-order valence-corrected chi connectivity index (χ2v) is 6.37. The zero-order valence-corrected chi connectivity index (χ0v) is 14.7. The molecule has 0 aliphatic rings. The first kappa shape index (κ1) is 16.6. The van der Waals surface area contributed by atoms with Crippen LogP contribution in [-0.4, -0.2) is 24.3 Å². The van der Waals surface area contributed by atoms with Gasteiger partial charge in [0.15, 0.2) is 0 Å². The number of thioether (sulfide) groups is 1. The Labute approximate surface area is 149 Å². The molecule has 1 aromatic heterocycles. The highest BCUT2D eigenvalue weighted by Crippen LogP contribution is 2.25. The lowest BCUT2D eigenvalue weighted by atomic mass is 10.2. The molecule has 0 radical (unpaired) electrons. The number of methoxy groups -OCH3 is 1. The van der Waals surface area contributed by atoms with E-state index in [2.05, 4.69) is 10.3 Å². The van der Waals surface area contributed by atoms with Crippen LogP contribution in [0, 0.1) is 0 Å². The number of ether oxygens (including phenoxy) is 1.